The van der Waals surface area contributed by atoms with Gasteiger partial charge < -0.3 is 5.32 Å². The van der Waals surface area contributed by atoms with E-state index >= 15 is 0 Å². The molecule has 0 unspecified atom stereocenters. The lowest BCUT2D eigenvalue weighted by molar-refractivity contribution is -0.384. The summed E-state index contributed by atoms with van der Waals surface area (Å²) in [5.41, 5.74) is 0.693. The molecule has 1 atom stereocenters. The number of para-hydroxylation sites is 1. The number of aromatic nitrogens is 1. The van der Waals surface area contributed by atoms with Crippen LogP contribution in [-0.2, 0) is 0 Å². The molecular weight excluding hydrogens is 453 g/mol. The van der Waals surface area contributed by atoms with E-state index in [2.05, 4.69) is 10.3 Å². The van der Waals surface area contributed by atoms with E-state index in [4.69, 9.17) is 34.8 Å². The minimum atomic E-state index is -1.82. The zero-order valence-electron chi connectivity index (χ0n) is 13.3. The fraction of sp³-hybridized carbons (Fsp3) is 0.125. The van der Waals surface area contributed by atoms with Crippen molar-refractivity contribution in [3.63, 3.8) is 0 Å². The molecule has 6 nitrogen and oxygen atoms in total. The number of hydrogen-bond acceptors (Lipinski definition) is 6. The molecule has 3 rings (SSSR count). The number of amides is 1. The number of carbonyl (C=O) groups is 1. The van der Waals surface area contributed by atoms with Gasteiger partial charge in [-0.2, -0.15) is 0 Å². The van der Waals surface area contributed by atoms with Crippen LogP contribution in [0, 0.1) is 10.1 Å². The molecule has 140 valence electrons. The summed E-state index contributed by atoms with van der Waals surface area (Å²) in [7, 11) is 0. The number of thiazole rings is 1. The highest BCUT2D eigenvalue weighted by atomic mass is 35.6. The van der Waals surface area contributed by atoms with Crippen LogP contribution in [0.15, 0.2) is 52.9 Å². The van der Waals surface area contributed by atoms with E-state index in [0.29, 0.717) is 4.34 Å². The summed E-state index contributed by atoms with van der Waals surface area (Å²) in [6, 6.07) is 12.9. The summed E-state index contributed by atoms with van der Waals surface area (Å²) >= 11 is 20.6. The van der Waals surface area contributed by atoms with Gasteiger partial charge in [-0.1, -0.05) is 64.8 Å². The second kappa shape index (κ2) is 8.20. The normalized spacial score (nSPS) is 12.7. The van der Waals surface area contributed by atoms with Crippen molar-refractivity contribution in [3.05, 3.63) is 64.2 Å². The number of rotatable bonds is 5. The third-order valence-corrected chi connectivity index (χ3v) is 6.78. The smallest absolute Gasteiger partial charge is 0.270 e. The molecule has 2 aromatic carbocycles. The van der Waals surface area contributed by atoms with E-state index in [9.17, 15) is 14.9 Å². The number of non-ortho nitro benzene ring substituents is 1. The number of nitro groups is 1. The molecule has 1 heterocycles. The molecule has 0 fully saturated rings. The van der Waals surface area contributed by atoms with Crippen LogP contribution in [0.5, 0.6) is 0 Å². The highest BCUT2D eigenvalue weighted by Crippen LogP contribution is 2.41. The summed E-state index contributed by atoms with van der Waals surface area (Å²) in [4.78, 5) is 27.2. The first-order valence-corrected chi connectivity index (χ1v) is 10.2. The molecule has 0 saturated heterocycles. The van der Waals surface area contributed by atoms with E-state index in [1.54, 1.807) is 0 Å². The third kappa shape index (κ3) is 5.03. The zero-order chi connectivity index (χ0) is 19.6. The number of thioether (sulfide) groups is 1. The van der Waals surface area contributed by atoms with Gasteiger partial charge in [0.15, 0.2) is 4.34 Å². The minimum Gasteiger partial charge on any atom is -0.336 e. The number of halogens is 3. The topological polar surface area (TPSA) is 85.1 Å². The van der Waals surface area contributed by atoms with Crippen molar-refractivity contribution in [2.75, 3.05) is 0 Å². The van der Waals surface area contributed by atoms with E-state index in [0.717, 1.165) is 28.0 Å². The second-order valence-corrected chi connectivity index (χ2v) is 10.0. The number of nitro benzene ring substituents is 1. The summed E-state index contributed by atoms with van der Waals surface area (Å²) in [6.07, 6.45) is 0. The molecule has 11 heteroatoms. The lowest BCUT2D eigenvalue weighted by Gasteiger charge is -2.24. The van der Waals surface area contributed by atoms with Crippen LogP contribution in [0.3, 0.4) is 0 Å². The Labute approximate surface area is 177 Å². The van der Waals surface area contributed by atoms with Gasteiger partial charge >= 0.3 is 0 Å². The lowest BCUT2D eigenvalue weighted by Crippen LogP contribution is -2.41. The van der Waals surface area contributed by atoms with Crippen molar-refractivity contribution in [1.29, 1.82) is 0 Å². The fourth-order valence-corrected chi connectivity index (χ4v) is 4.81. The highest BCUT2D eigenvalue weighted by Gasteiger charge is 2.36. The molecule has 0 radical (unpaired) electrons. The quantitative estimate of drug-likeness (QED) is 0.180. The van der Waals surface area contributed by atoms with Crippen LogP contribution >= 0.6 is 57.9 Å². The molecule has 0 aliphatic rings. The maximum atomic E-state index is 12.5. The lowest BCUT2D eigenvalue weighted by atomic mass is 10.2. The molecular formula is C16H10Cl3N3O3S2. The average molecular weight is 463 g/mol. The third-order valence-electron chi connectivity index (χ3n) is 3.37. The summed E-state index contributed by atoms with van der Waals surface area (Å²) in [5.74, 6) is -0.594. The number of benzene rings is 2. The van der Waals surface area contributed by atoms with Crippen molar-refractivity contribution in [2.24, 2.45) is 0 Å². The molecule has 1 aromatic heterocycles. The second-order valence-electron chi connectivity index (χ2n) is 5.27. The predicted octanol–water partition coefficient (Wildman–Crippen LogP) is 5.42. The SMILES string of the molecule is O=C(N[C@H](Sc1nc2ccccc2s1)C(Cl)(Cl)Cl)c1cccc([N+](=O)[O-])c1. The Morgan fingerprint density at radius 1 is 1.22 bits per heavy atom. The number of carbonyl (C=O) groups excluding carboxylic acids is 1. The first-order valence-electron chi connectivity index (χ1n) is 7.38. The molecule has 1 N–H and O–H groups in total. The number of alkyl halides is 3. The Bertz CT molecular complexity index is 974. The van der Waals surface area contributed by atoms with E-state index in [-0.39, 0.29) is 11.3 Å². The first kappa shape index (κ1) is 20.2. The largest absolute Gasteiger partial charge is 0.336 e. The van der Waals surface area contributed by atoms with Gasteiger partial charge in [-0.05, 0) is 18.2 Å². The molecule has 3 aromatic rings. The van der Waals surface area contributed by atoms with Gasteiger partial charge in [-0.3, -0.25) is 14.9 Å². The standard InChI is InChI=1S/C16H10Cl3N3O3S2/c17-16(18,19)14(27-15-20-11-6-1-2-7-12(11)26-15)21-13(23)9-4-3-5-10(8-9)22(24)25/h1-8,14H,(H,21,23)/t14-/m1/s1. The van der Waals surface area contributed by atoms with Gasteiger partial charge in [0.25, 0.3) is 11.6 Å². The summed E-state index contributed by atoms with van der Waals surface area (Å²) in [5, 5.41) is 12.5. The Morgan fingerprint density at radius 3 is 2.63 bits per heavy atom. The molecule has 0 spiro atoms. The average Bonchev–Trinajstić information content (AvgIpc) is 3.03. The predicted molar refractivity (Wildman–Crippen MR) is 110 cm³/mol. The Balaban J connectivity index is 1.82. The van der Waals surface area contributed by atoms with Gasteiger partial charge in [0.05, 0.1) is 15.1 Å². The maximum absolute atomic E-state index is 12.5. The van der Waals surface area contributed by atoms with Crippen LogP contribution < -0.4 is 5.32 Å². The van der Waals surface area contributed by atoms with Gasteiger partial charge in [-0.25, -0.2) is 4.98 Å². The summed E-state index contributed by atoms with van der Waals surface area (Å²) in [6.45, 7) is 0. The van der Waals surface area contributed by atoms with Crippen LogP contribution in [0.2, 0.25) is 0 Å². The van der Waals surface area contributed by atoms with Crippen molar-refractivity contribution >= 4 is 79.7 Å². The van der Waals surface area contributed by atoms with Crippen LogP contribution in [0.25, 0.3) is 10.2 Å². The number of nitrogens with one attached hydrogen (secondary N) is 1. The fourth-order valence-electron chi connectivity index (χ4n) is 2.14. The minimum absolute atomic E-state index is 0.0911. The van der Waals surface area contributed by atoms with Gasteiger partial charge in [0.2, 0.25) is 3.79 Å². The number of nitrogens with zero attached hydrogens (tertiary/aromatic N) is 2. The van der Waals surface area contributed by atoms with Crippen molar-refractivity contribution < 1.29 is 9.72 Å². The van der Waals surface area contributed by atoms with E-state index in [1.165, 1.54) is 29.5 Å². The number of fused-ring (bicyclic) bond motifs is 1. The Kier molecular flexibility index (Phi) is 6.12. The molecule has 1 amide bonds. The number of hydrogen-bond donors (Lipinski definition) is 1. The van der Waals surface area contributed by atoms with Crippen LogP contribution in [0.1, 0.15) is 10.4 Å². The van der Waals surface area contributed by atoms with Crippen LogP contribution in [-0.4, -0.2) is 25.0 Å². The zero-order valence-corrected chi connectivity index (χ0v) is 17.2. The van der Waals surface area contributed by atoms with E-state index < -0.39 is 20.0 Å². The van der Waals surface area contributed by atoms with Gasteiger partial charge in [-0.15, -0.1) is 11.3 Å². The summed E-state index contributed by atoms with van der Waals surface area (Å²) < 4.78 is -0.237. The highest BCUT2D eigenvalue weighted by molar-refractivity contribution is 8.02. The first-order chi connectivity index (χ1) is 12.7. The van der Waals surface area contributed by atoms with Crippen LogP contribution in [0.4, 0.5) is 5.69 Å². The van der Waals surface area contributed by atoms with Crippen molar-refractivity contribution in [3.8, 4) is 0 Å². The van der Waals surface area contributed by atoms with Crippen molar-refractivity contribution in [1.82, 2.24) is 10.3 Å². The maximum Gasteiger partial charge on any atom is 0.270 e. The molecule has 0 aliphatic carbocycles. The van der Waals surface area contributed by atoms with E-state index in [1.807, 2.05) is 24.3 Å². The Hall–Kier alpha value is -1.58. The molecule has 0 aliphatic heterocycles. The van der Waals surface area contributed by atoms with Gasteiger partial charge in [0, 0.05) is 17.7 Å². The monoisotopic (exact) mass is 461 g/mol. The molecule has 0 bridgehead atoms. The van der Waals surface area contributed by atoms with Gasteiger partial charge in [0.1, 0.15) is 5.37 Å². The van der Waals surface area contributed by atoms with Crippen molar-refractivity contribution in [2.45, 2.75) is 13.5 Å². The Morgan fingerprint density at radius 2 is 1.96 bits per heavy atom. The molecule has 0 saturated carbocycles. The molecule has 27 heavy (non-hydrogen) atoms.